The maximum Gasteiger partial charge on any atom is 0.240 e. The Bertz CT molecular complexity index is 837. The van der Waals surface area contributed by atoms with Gasteiger partial charge in [-0.3, -0.25) is 4.99 Å². The van der Waals surface area contributed by atoms with Crippen LogP contribution in [0.1, 0.15) is 16.7 Å². The molecule has 8 heteroatoms. The van der Waals surface area contributed by atoms with Gasteiger partial charge in [0, 0.05) is 20.1 Å². The summed E-state index contributed by atoms with van der Waals surface area (Å²) in [6.07, 6.45) is 0. The smallest absolute Gasteiger partial charge is 0.240 e. The molecule has 0 bridgehead atoms. The lowest BCUT2D eigenvalue weighted by molar-refractivity contribution is 0.588. The van der Waals surface area contributed by atoms with Crippen LogP contribution in [0.4, 0.5) is 0 Å². The summed E-state index contributed by atoms with van der Waals surface area (Å²) in [4.78, 5) is 4.46. The molecule has 0 aromatic heterocycles. The van der Waals surface area contributed by atoms with E-state index in [0.717, 1.165) is 5.56 Å². The van der Waals surface area contributed by atoms with Crippen LogP contribution in [0.5, 0.6) is 0 Å². The number of halogens is 1. The van der Waals surface area contributed by atoms with Crippen LogP contribution >= 0.6 is 24.0 Å². The molecule has 0 fully saturated rings. The zero-order chi connectivity index (χ0) is 18.3. The Kier molecular flexibility index (Phi) is 9.03. The van der Waals surface area contributed by atoms with E-state index in [9.17, 15) is 8.42 Å². The van der Waals surface area contributed by atoms with Gasteiger partial charge in [-0.05, 0) is 42.8 Å². The molecule has 0 aliphatic rings. The minimum absolute atomic E-state index is 0. The number of aliphatic imine (C=N–C) groups is 1. The number of sulfonamides is 1. The van der Waals surface area contributed by atoms with E-state index in [0.29, 0.717) is 19.0 Å². The fourth-order valence-electron chi connectivity index (χ4n) is 2.30. The third kappa shape index (κ3) is 6.26. The van der Waals surface area contributed by atoms with Crippen molar-refractivity contribution in [2.45, 2.75) is 24.9 Å². The monoisotopic (exact) mass is 488 g/mol. The fourth-order valence-corrected chi connectivity index (χ4v) is 3.03. The molecule has 0 aliphatic heterocycles. The van der Waals surface area contributed by atoms with Gasteiger partial charge in [-0.15, -0.1) is 24.0 Å². The van der Waals surface area contributed by atoms with E-state index >= 15 is 0 Å². The Balaban J connectivity index is 0.00000338. The second kappa shape index (κ2) is 10.5. The number of hydrogen-bond acceptors (Lipinski definition) is 3. The second-order valence-corrected chi connectivity index (χ2v) is 7.44. The summed E-state index contributed by atoms with van der Waals surface area (Å²) in [6, 6.07) is 14.9. The van der Waals surface area contributed by atoms with Gasteiger partial charge in [-0.1, -0.05) is 36.4 Å². The van der Waals surface area contributed by atoms with Crippen molar-refractivity contribution in [3.8, 4) is 0 Å². The van der Waals surface area contributed by atoms with Crippen LogP contribution in [0, 0.1) is 6.92 Å². The topological polar surface area (TPSA) is 82.6 Å². The summed E-state index contributed by atoms with van der Waals surface area (Å²) >= 11 is 0. The van der Waals surface area contributed by atoms with E-state index in [2.05, 4.69) is 39.4 Å². The predicted molar refractivity (Wildman–Crippen MR) is 116 cm³/mol. The Labute approximate surface area is 172 Å². The highest BCUT2D eigenvalue weighted by Gasteiger charge is 2.10. The summed E-state index contributed by atoms with van der Waals surface area (Å²) in [5.41, 5.74) is 3.41. The van der Waals surface area contributed by atoms with Crippen molar-refractivity contribution in [3.63, 3.8) is 0 Å². The lowest BCUT2D eigenvalue weighted by Gasteiger charge is -2.13. The van der Waals surface area contributed by atoms with Crippen molar-refractivity contribution >= 4 is 40.0 Å². The third-order valence-corrected chi connectivity index (χ3v) is 5.32. The molecule has 0 radical (unpaired) electrons. The lowest BCUT2D eigenvalue weighted by Crippen LogP contribution is -2.36. The zero-order valence-electron chi connectivity index (χ0n) is 15.1. The number of aryl methyl sites for hydroxylation is 1. The Morgan fingerprint density at radius 2 is 1.62 bits per heavy atom. The third-order valence-electron chi connectivity index (χ3n) is 3.89. The summed E-state index contributed by atoms with van der Waals surface area (Å²) in [5, 5.41) is 6.50. The van der Waals surface area contributed by atoms with Crippen molar-refractivity contribution in [2.75, 3.05) is 14.1 Å². The summed E-state index contributed by atoms with van der Waals surface area (Å²) in [7, 11) is -0.285. The molecule has 0 amide bonds. The first-order valence-electron chi connectivity index (χ1n) is 7.98. The van der Waals surface area contributed by atoms with E-state index < -0.39 is 10.0 Å². The molecular formula is C18H25IN4O2S. The fraction of sp³-hybridized carbons (Fsp3) is 0.278. The molecule has 26 heavy (non-hydrogen) atoms. The SMILES string of the molecule is CN=C(NCc1ccc(S(=O)(=O)NC)cc1)NCc1ccccc1C.I. The molecule has 0 atom stereocenters. The molecule has 2 rings (SSSR count). The lowest BCUT2D eigenvalue weighted by atomic mass is 10.1. The van der Waals surface area contributed by atoms with Crippen molar-refractivity contribution in [1.29, 1.82) is 0 Å². The molecule has 0 saturated carbocycles. The highest BCUT2D eigenvalue weighted by molar-refractivity contribution is 14.0. The molecule has 2 aromatic carbocycles. The molecular weight excluding hydrogens is 463 g/mol. The van der Waals surface area contributed by atoms with Crippen molar-refractivity contribution in [3.05, 3.63) is 65.2 Å². The van der Waals surface area contributed by atoms with Crippen LogP contribution in [0.15, 0.2) is 58.4 Å². The normalized spacial score (nSPS) is 11.6. The summed E-state index contributed by atoms with van der Waals surface area (Å²) in [6.45, 7) is 3.31. The Morgan fingerprint density at radius 1 is 1.00 bits per heavy atom. The van der Waals surface area contributed by atoms with E-state index in [4.69, 9.17) is 0 Å². The van der Waals surface area contributed by atoms with E-state index in [1.165, 1.54) is 18.2 Å². The highest BCUT2D eigenvalue weighted by Crippen LogP contribution is 2.10. The number of guanidine groups is 1. The summed E-state index contributed by atoms with van der Waals surface area (Å²) in [5.74, 6) is 0.690. The minimum Gasteiger partial charge on any atom is -0.352 e. The van der Waals surface area contributed by atoms with Gasteiger partial charge in [0.05, 0.1) is 4.90 Å². The molecule has 3 N–H and O–H groups in total. The van der Waals surface area contributed by atoms with Gasteiger partial charge in [-0.2, -0.15) is 0 Å². The van der Waals surface area contributed by atoms with Crippen molar-refractivity contribution in [2.24, 2.45) is 4.99 Å². The molecule has 2 aromatic rings. The molecule has 0 unspecified atom stereocenters. The molecule has 0 aliphatic carbocycles. The van der Waals surface area contributed by atoms with Gasteiger partial charge in [0.1, 0.15) is 0 Å². The average Bonchev–Trinajstić information content (AvgIpc) is 2.63. The van der Waals surface area contributed by atoms with Crippen molar-refractivity contribution < 1.29 is 8.42 Å². The van der Waals surface area contributed by atoms with Gasteiger partial charge >= 0.3 is 0 Å². The first kappa shape index (κ1) is 22.4. The molecule has 142 valence electrons. The maximum atomic E-state index is 11.7. The average molecular weight is 488 g/mol. The van der Waals surface area contributed by atoms with Crippen molar-refractivity contribution in [1.82, 2.24) is 15.4 Å². The molecule has 0 heterocycles. The van der Waals surface area contributed by atoms with Crippen LogP contribution in [-0.2, 0) is 23.1 Å². The van der Waals surface area contributed by atoms with Gasteiger partial charge in [0.2, 0.25) is 10.0 Å². The van der Waals surface area contributed by atoms with Crippen LogP contribution < -0.4 is 15.4 Å². The Morgan fingerprint density at radius 3 is 2.19 bits per heavy atom. The number of nitrogens with zero attached hydrogens (tertiary/aromatic N) is 1. The van der Waals surface area contributed by atoms with E-state index in [1.807, 2.05) is 12.1 Å². The van der Waals surface area contributed by atoms with Gasteiger partial charge in [0.15, 0.2) is 5.96 Å². The first-order chi connectivity index (χ1) is 12.0. The molecule has 0 saturated heterocycles. The standard InChI is InChI=1S/C18H24N4O2S.HI/c1-14-6-4-5-7-16(14)13-22-18(19-2)21-12-15-8-10-17(11-9-15)25(23,24)20-3;/h4-11,20H,12-13H2,1-3H3,(H2,19,21,22);1H. The van der Waals surface area contributed by atoms with E-state index in [-0.39, 0.29) is 28.9 Å². The van der Waals surface area contributed by atoms with Crippen LogP contribution in [0.3, 0.4) is 0 Å². The summed E-state index contributed by atoms with van der Waals surface area (Å²) < 4.78 is 25.7. The maximum absolute atomic E-state index is 11.7. The zero-order valence-corrected chi connectivity index (χ0v) is 18.3. The number of benzene rings is 2. The Hall–Kier alpha value is -1.65. The number of hydrogen-bond donors (Lipinski definition) is 3. The van der Waals surface area contributed by atoms with Crippen LogP contribution in [-0.4, -0.2) is 28.5 Å². The largest absolute Gasteiger partial charge is 0.352 e. The number of nitrogens with one attached hydrogen (secondary N) is 3. The predicted octanol–water partition coefficient (Wildman–Crippen LogP) is 2.39. The minimum atomic E-state index is -3.40. The molecule has 6 nitrogen and oxygen atoms in total. The second-order valence-electron chi connectivity index (χ2n) is 5.56. The van der Waals surface area contributed by atoms with Gasteiger partial charge < -0.3 is 10.6 Å². The van der Waals surface area contributed by atoms with Crippen LogP contribution in [0.2, 0.25) is 0 Å². The van der Waals surface area contributed by atoms with Gasteiger partial charge in [-0.25, -0.2) is 13.1 Å². The van der Waals surface area contributed by atoms with E-state index in [1.54, 1.807) is 31.3 Å². The molecule has 0 spiro atoms. The van der Waals surface area contributed by atoms with Crippen LogP contribution in [0.25, 0.3) is 0 Å². The van der Waals surface area contributed by atoms with Gasteiger partial charge in [0.25, 0.3) is 0 Å². The first-order valence-corrected chi connectivity index (χ1v) is 9.46. The number of rotatable bonds is 6. The highest BCUT2D eigenvalue weighted by atomic mass is 127. The quantitative estimate of drug-likeness (QED) is 0.332.